The minimum absolute atomic E-state index is 0.0687. The molecule has 6 unspecified atom stereocenters. The quantitative estimate of drug-likeness (QED) is 0.433. The van der Waals surface area contributed by atoms with E-state index in [1.165, 1.54) is 16.2 Å². The monoisotopic (exact) mass is 569 g/mol. The van der Waals surface area contributed by atoms with Crippen LogP contribution in [-0.4, -0.2) is 52.7 Å². The van der Waals surface area contributed by atoms with Crippen LogP contribution in [0.25, 0.3) is 0 Å². The Bertz CT molecular complexity index is 1290. The van der Waals surface area contributed by atoms with Gasteiger partial charge in [0.25, 0.3) is 0 Å². The lowest BCUT2D eigenvalue weighted by Gasteiger charge is -2.51. The molecule has 2 fully saturated rings. The van der Waals surface area contributed by atoms with Gasteiger partial charge >= 0.3 is 6.09 Å². The van der Waals surface area contributed by atoms with E-state index in [1.54, 1.807) is 7.05 Å². The molecule has 4 aliphatic rings. The number of amides is 1. The third-order valence-corrected chi connectivity index (χ3v) is 11.4. The van der Waals surface area contributed by atoms with Crippen molar-refractivity contribution in [1.82, 2.24) is 10.3 Å². The number of aromatic nitrogens is 1. The normalized spacial score (nSPS) is 37.9. The van der Waals surface area contributed by atoms with Crippen molar-refractivity contribution in [3.05, 3.63) is 34.4 Å². The van der Waals surface area contributed by atoms with Gasteiger partial charge < -0.3 is 21.5 Å². The summed E-state index contributed by atoms with van der Waals surface area (Å²) in [6.07, 6.45) is 5.89. The Hall–Kier alpha value is -2.07. The van der Waals surface area contributed by atoms with Gasteiger partial charge in [0, 0.05) is 23.5 Å². The Balaban J connectivity index is 1.66. The number of hydrogen-bond donors (Lipinski definition) is 3. The summed E-state index contributed by atoms with van der Waals surface area (Å²) in [4.78, 5) is 34.4. The van der Waals surface area contributed by atoms with E-state index in [4.69, 9.17) is 16.2 Å². The number of ether oxygens (including phenoxy) is 1. The third kappa shape index (κ3) is 3.91. The second-order valence-electron chi connectivity index (χ2n) is 14.3. The van der Waals surface area contributed by atoms with Crippen LogP contribution in [-0.2, 0) is 9.53 Å². The molecule has 5 rings (SSSR count). The van der Waals surface area contributed by atoms with E-state index in [-0.39, 0.29) is 22.7 Å². The molecule has 1 aromatic heterocycles. The number of hydrogen-bond acceptors (Lipinski definition) is 8. The number of anilines is 1. The average Bonchev–Trinajstić information content (AvgIpc) is 3.11. The number of carbonyl (C=O) groups is 2. The van der Waals surface area contributed by atoms with Gasteiger partial charge in [0.1, 0.15) is 6.10 Å². The number of ketones is 1. The smallest absolute Gasteiger partial charge is 0.416 e. The largest absolute Gasteiger partial charge is 0.439 e. The minimum atomic E-state index is -1.23. The predicted octanol–water partition coefficient (Wildman–Crippen LogP) is 4.87. The highest BCUT2D eigenvalue weighted by molar-refractivity contribution is 7.14. The van der Waals surface area contributed by atoms with Gasteiger partial charge in [-0.15, -0.1) is 11.3 Å². The molecule has 40 heavy (non-hydrogen) atoms. The fourth-order valence-corrected chi connectivity index (χ4v) is 9.03. The Morgan fingerprint density at radius 3 is 2.50 bits per heavy atom. The number of aryl methyl sites for hydroxylation is 1. The number of Topliss-reactive ketones (excluding diaryl/α,β-unsaturated/α-hetero) is 1. The van der Waals surface area contributed by atoms with E-state index in [0.717, 1.165) is 36.1 Å². The van der Waals surface area contributed by atoms with E-state index >= 15 is 0 Å². The van der Waals surface area contributed by atoms with Crippen LogP contribution < -0.4 is 21.7 Å². The van der Waals surface area contributed by atoms with Gasteiger partial charge in [-0.1, -0.05) is 44.9 Å². The van der Waals surface area contributed by atoms with Crippen LogP contribution in [0.15, 0.2) is 28.7 Å². The fourth-order valence-electron chi connectivity index (χ4n) is 8.27. The summed E-state index contributed by atoms with van der Waals surface area (Å²) in [6, 6.07) is -0.401. The molecule has 1 heterocycles. The SMILES string of the molecule is CCCC1=CC2C(=O)C3(C=C(C)C(OC(=O)N(C)c4nc(C)cs4)C3(N)C1NC(C)(C)C)CCC1C(C)(C)[C@@]21N. The summed E-state index contributed by atoms with van der Waals surface area (Å²) >= 11 is 1.38. The van der Waals surface area contributed by atoms with Crippen molar-refractivity contribution < 1.29 is 14.3 Å². The maximum atomic E-state index is 14.9. The van der Waals surface area contributed by atoms with Crippen molar-refractivity contribution >= 4 is 28.3 Å². The van der Waals surface area contributed by atoms with Gasteiger partial charge in [-0.05, 0) is 70.8 Å². The van der Waals surface area contributed by atoms with Crippen molar-refractivity contribution in [1.29, 1.82) is 0 Å². The molecule has 1 amide bonds. The second-order valence-corrected chi connectivity index (χ2v) is 15.1. The summed E-state index contributed by atoms with van der Waals surface area (Å²) in [5, 5.41) is 6.26. The van der Waals surface area contributed by atoms with Crippen molar-refractivity contribution in [2.75, 3.05) is 11.9 Å². The molecule has 1 spiro atoms. The first-order chi connectivity index (χ1) is 18.5. The van der Waals surface area contributed by atoms with E-state index in [0.29, 0.717) is 11.6 Å². The lowest BCUT2D eigenvalue weighted by Crippen LogP contribution is -2.74. The van der Waals surface area contributed by atoms with E-state index < -0.39 is 40.6 Å². The van der Waals surface area contributed by atoms with Gasteiger partial charge in [0.2, 0.25) is 0 Å². The maximum Gasteiger partial charge on any atom is 0.416 e. The zero-order chi connectivity index (χ0) is 29.6. The molecular weight excluding hydrogens is 522 g/mol. The Kier molecular flexibility index (Phi) is 6.78. The molecular formula is C31H47N5O3S. The van der Waals surface area contributed by atoms with Crippen LogP contribution in [0.2, 0.25) is 0 Å². The highest BCUT2D eigenvalue weighted by Gasteiger charge is 2.79. The van der Waals surface area contributed by atoms with Crippen LogP contribution in [0.3, 0.4) is 0 Å². The molecule has 0 aromatic carbocycles. The zero-order valence-electron chi connectivity index (χ0n) is 25.6. The van der Waals surface area contributed by atoms with E-state index in [1.807, 2.05) is 25.3 Å². The van der Waals surface area contributed by atoms with Crippen LogP contribution in [0, 0.1) is 29.6 Å². The maximum absolute atomic E-state index is 14.9. The number of carbonyl (C=O) groups excluding carboxylic acids is 2. The number of nitrogens with zero attached hydrogens (tertiary/aromatic N) is 2. The first-order valence-electron chi connectivity index (χ1n) is 14.6. The third-order valence-electron chi connectivity index (χ3n) is 10.4. The molecule has 2 bridgehead atoms. The van der Waals surface area contributed by atoms with Gasteiger partial charge in [0.05, 0.1) is 28.6 Å². The zero-order valence-corrected chi connectivity index (χ0v) is 26.4. The summed E-state index contributed by atoms with van der Waals surface area (Å²) in [6.45, 7) is 16.7. The van der Waals surface area contributed by atoms with Crippen LogP contribution in [0.5, 0.6) is 0 Å². The van der Waals surface area contributed by atoms with Gasteiger partial charge in [-0.2, -0.15) is 0 Å². The minimum Gasteiger partial charge on any atom is -0.439 e. The number of rotatable bonds is 5. The molecule has 0 radical (unpaired) electrons. The summed E-state index contributed by atoms with van der Waals surface area (Å²) in [5.74, 6) is -0.164. The van der Waals surface area contributed by atoms with Crippen LogP contribution >= 0.6 is 11.3 Å². The molecule has 4 aliphatic carbocycles. The van der Waals surface area contributed by atoms with E-state index in [2.05, 4.69) is 57.9 Å². The Labute approximate surface area is 243 Å². The number of fused-ring (bicyclic) bond motifs is 3. The second kappa shape index (κ2) is 9.21. The van der Waals surface area contributed by atoms with E-state index in [9.17, 15) is 9.59 Å². The molecule has 9 heteroatoms. The van der Waals surface area contributed by atoms with Crippen molar-refractivity contribution in [3.8, 4) is 0 Å². The van der Waals surface area contributed by atoms with Crippen molar-refractivity contribution in [3.63, 3.8) is 0 Å². The first-order valence-corrected chi connectivity index (χ1v) is 15.5. The predicted molar refractivity (Wildman–Crippen MR) is 160 cm³/mol. The molecule has 0 aliphatic heterocycles. The Morgan fingerprint density at radius 1 is 1.25 bits per heavy atom. The highest BCUT2D eigenvalue weighted by atomic mass is 32.1. The highest BCUT2D eigenvalue weighted by Crippen LogP contribution is 2.71. The molecule has 5 N–H and O–H groups in total. The average molecular weight is 570 g/mol. The molecule has 220 valence electrons. The van der Waals surface area contributed by atoms with Crippen molar-refractivity contribution in [2.45, 2.75) is 110 Å². The van der Waals surface area contributed by atoms with Gasteiger partial charge in [0.15, 0.2) is 10.9 Å². The van der Waals surface area contributed by atoms with Gasteiger partial charge in [-0.25, -0.2) is 9.78 Å². The van der Waals surface area contributed by atoms with Crippen LogP contribution in [0.1, 0.15) is 79.8 Å². The molecule has 2 saturated carbocycles. The lowest BCUT2D eigenvalue weighted by atomic mass is 9.60. The molecule has 0 saturated heterocycles. The fraction of sp³-hybridized carbons (Fsp3) is 0.710. The first kappa shape index (κ1) is 29.4. The number of thiazole rings is 1. The summed E-state index contributed by atoms with van der Waals surface area (Å²) in [5.41, 5.74) is 14.3. The Morgan fingerprint density at radius 2 is 1.93 bits per heavy atom. The molecule has 7 atom stereocenters. The van der Waals surface area contributed by atoms with Crippen LogP contribution in [0.4, 0.5) is 9.93 Å². The lowest BCUT2D eigenvalue weighted by molar-refractivity contribution is -0.135. The van der Waals surface area contributed by atoms with Crippen molar-refractivity contribution in [2.24, 2.45) is 34.1 Å². The number of nitrogens with two attached hydrogens (primary N) is 2. The summed E-state index contributed by atoms with van der Waals surface area (Å²) in [7, 11) is 1.66. The molecule has 8 nitrogen and oxygen atoms in total. The van der Waals surface area contributed by atoms with Gasteiger partial charge in [-0.3, -0.25) is 9.69 Å². The topological polar surface area (TPSA) is 124 Å². The molecule has 1 aromatic rings. The summed E-state index contributed by atoms with van der Waals surface area (Å²) < 4.78 is 6.34. The standard InChI is InChI=1S/C31H47N5O3S/c1-10-11-19-14-20-23(37)29(13-12-21-28(7,8)30(20,21)32)15-17(2)24(31(29,33)22(19)35-27(4,5)6)39-26(38)36(9)25-34-18(3)16-40-25/h14-16,20-22,24,35H,10-13,32-33H2,1-9H3/t20?,21?,22?,24?,29?,30-,31?/m1/s1. The number of nitrogens with one attached hydrogen (secondary N) is 1.